The van der Waals surface area contributed by atoms with E-state index in [1.54, 1.807) is 30.5 Å². The van der Waals surface area contributed by atoms with Crippen molar-refractivity contribution in [1.29, 1.82) is 0 Å². The minimum Gasteiger partial charge on any atom is -0.465 e. The van der Waals surface area contributed by atoms with Gasteiger partial charge in [0.25, 0.3) is 5.91 Å². The van der Waals surface area contributed by atoms with E-state index in [0.29, 0.717) is 22.0 Å². The van der Waals surface area contributed by atoms with E-state index in [1.165, 1.54) is 18.4 Å². The number of nitrogens with one attached hydrogen (secondary N) is 1. The standard InChI is InChI=1S/C17H13N3O3S/c1-23-16(22)12-7-5-11(6-8-12)15(21)20-17-19-14(10-24-17)13-4-2-3-9-18-13/h2-10H,1H3,(H,19,20,21). The Hall–Kier alpha value is -3.06. The molecular formula is C17H13N3O3S. The number of thiazole rings is 1. The first-order valence-electron chi connectivity index (χ1n) is 7.04. The minimum absolute atomic E-state index is 0.298. The predicted molar refractivity (Wildman–Crippen MR) is 91.1 cm³/mol. The summed E-state index contributed by atoms with van der Waals surface area (Å²) >= 11 is 1.32. The van der Waals surface area contributed by atoms with Gasteiger partial charge >= 0.3 is 5.97 Å². The van der Waals surface area contributed by atoms with Crippen molar-refractivity contribution in [2.45, 2.75) is 0 Å². The number of anilines is 1. The van der Waals surface area contributed by atoms with Gasteiger partial charge in [-0.15, -0.1) is 11.3 Å². The molecule has 0 aliphatic heterocycles. The molecule has 1 amide bonds. The number of rotatable bonds is 4. The minimum atomic E-state index is -0.443. The Labute approximate surface area is 142 Å². The molecule has 0 unspecified atom stereocenters. The van der Waals surface area contributed by atoms with Crippen LogP contribution in [0.25, 0.3) is 11.4 Å². The Bertz CT molecular complexity index is 860. The number of methoxy groups -OCH3 is 1. The lowest BCUT2D eigenvalue weighted by atomic mass is 10.1. The Morgan fingerprint density at radius 1 is 1.04 bits per heavy atom. The fraction of sp³-hybridized carbons (Fsp3) is 0.0588. The summed E-state index contributed by atoms with van der Waals surface area (Å²) in [7, 11) is 1.31. The molecule has 0 aliphatic rings. The average Bonchev–Trinajstić information content (AvgIpc) is 3.10. The number of aromatic nitrogens is 2. The molecule has 0 atom stereocenters. The number of pyridine rings is 1. The summed E-state index contributed by atoms with van der Waals surface area (Å²) in [4.78, 5) is 32.2. The molecule has 0 radical (unpaired) electrons. The monoisotopic (exact) mass is 339 g/mol. The van der Waals surface area contributed by atoms with Gasteiger partial charge in [0.2, 0.25) is 0 Å². The van der Waals surface area contributed by atoms with Crippen molar-refractivity contribution in [2.24, 2.45) is 0 Å². The van der Waals surface area contributed by atoms with E-state index in [0.717, 1.165) is 5.69 Å². The van der Waals surface area contributed by atoms with E-state index in [2.05, 4.69) is 20.0 Å². The lowest BCUT2D eigenvalue weighted by Crippen LogP contribution is -2.12. The zero-order chi connectivity index (χ0) is 16.9. The van der Waals surface area contributed by atoms with Crippen molar-refractivity contribution in [3.63, 3.8) is 0 Å². The van der Waals surface area contributed by atoms with Gasteiger partial charge in [-0.1, -0.05) is 6.07 Å². The van der Waals surface area contributed by atoms with E-state index in [9.17, 15) is 9.59 Å². The third-order valence-corrected chi connectivity index (χ3v) is 3.98. The van der Waals surface area contributed by atoms with Crippen LogP contribution in [0.15, 0.2) is 54.0 Å². The number of hydrogen-bond donors (Lipinski definition) is 1. The van der Waals surface area contributed by atoms with E-state index < -0.39 is 5.97 Å². The Balaban J connectivity index is 1.71. The first kappa shape index (κ1) is 15.8. The molecule has 0 bridgehead atoms. The molecule has 2 heterocycles. The van der Waals surface area contributed by atoms with Gasteiger partial charge in [-0.3, -0.25) is 15.1 Å². The van der Waals surface area contributed by atoms with E-state index in [1.807, 2.05) is 23.6 Å². The van der Waals surface area contributed by atoms with Gasteiger partial charge in [0, 0.05) is 17.1 Å². The van der Waals surface area contributed by atoms with Crippen LogP contribution >= 0.6 is 11.3 Å². The molecule has 3 rings (SSSR count). The zero-order valence-corrected chi connectivity index (χ0v) is 13.5. The van der Waals surface area contributed by atoms with Crippen molar-refractivity contribution in [3.05, 3.63) is 65.2 Å². The van der Waals surface area contributed by atoms with Crippen LogP contribution in [0.2, 0.25) is 0 Å². The summed E-state index contributed by atoms with van der Waals surface area (Å²) in [6.45, 7) is 0. The zero-order valence-electron chi connectivity index (χ0n) is 12.7. The van der Waals surface area contributed by atoms with Gasteiger partial charge in [-0.05, 0) is 36.4 Å². The SMILES string of the molecule is COC(=O)c1ccc(C(=O)Nc2nc(-c3ccccn3)cs2)cc1. The third kappa shape index (κ3) is 3.47. The largest absolute Gasteiger partial charge is 0.465 e. The van der Waals surface area contributed by atoms with Crippen LogP contribution in [0.1, 0.15) is 20.7 Å². The predicted octanol–water partition coefficient (Wildman–Crippen LogP) is 3.24. The summed E-state index contributed by atoms with van der Waals surface area (Å²) in [5, 5.41) is 5.05. The third-order valence-electron chi connectivity index (χ3n) is 3.22. The fourth-order valence-corrected chi connectivity index (χ4v) is 2.71. The van der Waals surface area contributed by atoms with Crippen LogP contribution in [0.4, 0.5) is 5.13 Å². The van der Waals surface area contributed by atoms with Gasteiger partial charge in [-0.25, -0.2) is 9.78 Å². The number of carbonyl (C=O) groups is 2. The molecule has 120 valence electrons. The number of hydrogen-bond acceptors (Lipinski definition) is 6. The maximum Gasteiger partial charge on any atom is 0.337 e. The molecule has 0 aliphatic carbocycles. The number of ether oxygens (including phenoxy) is 1. The second kappa shape index (κ2) is 7.01. The number of benzene rings is 1. The van der Waals surface area contributed by atoms with Crippen LogP contribution in [0.5, 0.6) is 0 Å². The first-order valence-corrected chi connectivity index (χ1v) is 7.92. The highest BCUT2D eigenvalue weighted by molar-refractivity contribution is 7.14. The highest BCUT2D eigenvalue weighted by Crippen LogP contribution is 2.23. The van der Waals surface area contributed by atoms with Crippen LogP contribution in [-0.4, -0.2) is 29.0 Å². The molecule has 7 heteroatoms. The summed E-state index contributed by atoms with van der Waals surface area (Å²) in [5.74, 6) is -0.741. The number of esters is 1. The van der Waals surface area contributed by atoms with Gasteiger partial charge in [0.05, 0.1) is 18.4 Å². The molecular weight excluding hydrogens is 326 g/mol. The van der Waals surface area contributed by atoms with Gasteiger partial charge in [0.1, 0.15) is 5.69 Å². The number of nitrogens with zero attached hydrogens (tertiary/aromatic N) is 2. The molecule has 1 aromatic carbocycles. The molecule has 3 aromatic rings. The maximum absolute atomic E-state index is 12.2. The fourth-order valence-electron chi connectivity index (χ4n) is 2.01. The van der Waals surface area contributed by atoms with E-state index >= 15 is 0 Å². The highest BCUT2D eigenvalue weighted by atomic mass is 32.1. The van der Waals surface area contributed by atoms with Crippen molar-refractivity contribution >= 4 is 28.3 Å². The molecule has 6 nitrogen and oxygen atoms in total. The van der Waals surface area contributed by atoms with Crippen LogP contribution in [0, 0.1) is 0 Å². The smallest absolute Gasteiger partial charge is 0.337 e. The quantitative estimate of drug-likeness (QED) is 0.738. The van der Waals surface area contributed by atoms with Crippen molar-refractivity contribution in [3.8, 4) is 11.4 Å². The van der Waals surface area contributed by atoms with Crippen LogP contribution < -0.4 is 5.32 Å². The molecule has 1 N–H and O–H groups in total. The molecule has 0 saturated heterocycles. The van der Waals surface area contributed by atoms with E-state index in [-0.39, 0.29) is 5.91 Å². The Morgan fingerprint density at radius 2 is 1.79 bits per heavy atom. The average molecular weight is 339 g/mol. The molecule has 0 spiro atoms. The second-order valence-corrected chi connectivity index (χ2v) is 5.63. The molecule has 2 aromatic heterocycles. The second-order valence-electron chi connectivity index (χ2n) is 4.78. The Kier molecular flexibility index (Phi) is 4.62. The van der Waals surface area contributed by atoms with Crippen molar-refractivity contribution in [2.75, 3.05) is 12.4 Å². The van der Waals surface area contributed by atoms with Crippen LogP contribution in [-0.2, 0) is 4.74 Å². The summed E-state index contributed by atoms with van der Waals surface area (Å²) in [6, 6.07) is 11.8. The maximum atomic E-state index is 12.2. The summed E-state index contributed by atoms with van der Waals surface area (Å²) in [6.07, 6.45) is 1.69. The normalized spacial score (nSPS) is 10.2. The van der Waals surface area contributed by atoms with E-state index in [4.69, 9.17) is 0 Å². The van der Waals surface area contributed by atoms with Gasteiger partial charge < -0.3 is 4.74 Å². The molecule has 0 fully saturated rings. The van der Waals surface area contributed by atoms with Gasteiger partial charge in [0.15, 0.2) is 5.13 Å². The molecule has 24 heavy (non-hydrogen) atoms. The summed E-state index contributed by atoms with van der Waals surface area (Å²) in [5.41, 5.74) is 2.27. The Morgan fingerprint density at radius 3 is 2.46 bits per heavy atom. The van der Waals surface area contributed by atoms with Crippen LogP contribution in [0.3, 0.4) is 0 Å². The van der Waals surface area contributed by atoms with Crippen molar-refractivity contribution < 1.29 is 14.3 Å². The number of amides is 1. The summed E-state index contributed by atoms with van der Waals surface area (Å²) < 4.78 is 4.62. The topological polar surface area (TPSA) is 81.2 Å². The van der Waals surface area contributed by atoms with Gasteiger partial charge in [-0.2, -0.15) is 0 Å². The lowest BCUT2D eigenvalue weighted by molar-refractivity contribution is 0.0600. The first-order chi connectivity index (χ1) is 11.7. The number of carbonyl (C=O) groups excluding carboxylic acids is 2. The molecule has 0 saturated carbocycles. The lowest BCUT2D eigenvalue weighted by Gasteiger charge is -2.03. The highest BCUT2D eigenvalue weighted by Gasteiger charge is 2.12. The van der Waals surface area contributed by atoms with Crippen molar-refractivity contribution in [1.82, 2.24) is 9.97 Å².